The first-order chi connectivity index (χ1) is 14.1. The van der Waals surface area contributed by atoms with E-state index in [0.717, 1.165) is 25.7 Å². The van der Waals surface area contributed by atoms with E-state index in [0.29, 0.717) is 35.8 Å². The van der Waals surface area contributed by atoms with Crippen molar-refractivity contribution in [3.05, 3.63) is 34.9 Å². The van der Waals surface area contributed by atoms with Crippen molar-refractivity contribution >= 4 is 30.1 Å². The molecule has 1 saturated carbocycles. The smallest absolute Gasteiger partial charge is 0.261 e. The minimum absolute atomic E-state index is 0. The topological polar surface area (TPSA) is 102 Å². The molecule has 1 saturated heterocycles. The molecule has 1 aliphatic carbocycles. The largest absolute Gasteiger partial charge is 0.376 e. The summed E-state index contributed by atoms with van der Waals surface area (Å²) in [4.78, 5) is 39.5. The Morgan fingerprint density at radius 1 is 1.10 bits per heavy atom. The van der Waals surface area contributed by atoms with Crippen LogP contribution < -0.4 is 11.1 Å². The van der Waals surface area contributed by atoms with Gasteiger partial charge in [-0.2, -0.15) is 0 Å². The number of carbonyl (C=O) groups is 3. The molecular weight excluding hydrogens is 406 g/mol. The molecule has 3 amide bonds. The van der Waals surface area contributed by atoms with Gasteiger partial charge in [0, 0.05) is 24.8 Å². The summed E-state index contributed by atoms with van der Waals surface area (Å²) in [5.74, 6) is -0.504. The van der Waals surface area contributed by atoms with Crippen LogP contribution in [-0.2, 0) is 4.74 Å². The van der Waals surface area contributed by atoms with Gasteiger partial charge in [0.2, 0.25) is 0 Å². The predicted octanol–water partition coefficient (Wildman–Crippen LogP) is 2.52. The molecule has 2 unspecified atom stereocenters. The van der Waals surface area contributed by atoms with Gasteiger partial charge in [-0.3, -0.25) is 19.3 Å². The van der Waals surface area contributed by atoms with E-state index >= 15 is 0 Å². The molecule has 4 rings (SSSR count). The van der Waals surface area contributed by atoms with Gasteiger partial charge < -0.3 is 15.8 Å². The number of ether oxygens (including phenoxy) is 1. The van der Waals surface area contributed by atoms with Gasteiger partial charge in [0.05, 0.1) is 23.8 Å². The monoisotopic (exact) mass is 435 g/mol. The fourth-order valence-corrected chi connectivity index (χ4v) is 4.75. The SMILES string of the molecule is Cl.NCC(NC(=O)c1ccc2c(c1)C(=O)N(CC1CCCO1)C2=O)C1CCCCC1. The Bertz CT molecular complexity index is 804. The third kappa shape index (κ3) is 4.53. The van der Waals surface area contributed by atoms with Gasteiger partial charge in [0.15, 0.2) is 0 Å². The van der Waals surface area contributed by atoms with Crippen LogP contribution in [0.25, 0.3) is 0 Å². The van der Waals surface area contributed by atoms with Gasteiger partial charge >= 0.3 is 0 Å². The van der Waals surface area contributed by atoms with Crippen LogP contribution in [0.2, 0.25) is 0 Å². The number of nitrogens with one attached hydrogen (secondary N) is 1. The molecule has 0 bridgehead atoms. The summed E-state index contributed by atoms with van der Waals surface area (Å²) >= 11 is 0. The number of imide groups is 1. The van der Waals surface area contributed by atoms with Crippen molar-refractivity contribution in [3.63, 3.8) is 0 Å². The van der Waals surface area contributed by atoms with Crippen LogP contribution in [0.1, 0.15) is 76.0 Å². The molecule has 164 valence electrons. The summed E-state index contributed by atoms with van der Waals surface area (Å²) in [5.41, 5.74) is 6.96. The Kier molecular flexibility index (Phi) is 7.50. The molecule has 0 spiro atoms. The van der Waals surface area contributed by atoms with E-state index in [2.05, 4.69) is 5.32 Å². The Labute approximate surface area is 183 Å². The van der Waals surface area contributed by atoms with Gasteiger partial charge in [-0.15, -0.1) is 12.4 Å². The van der Waals surface area contributed by atoms with E-state index < -0.39 is 0 Å². The number of fused-ring (bicyclic) bond motifs is 1. The molecule has 2 fully saturated rings. The molecule has 8 heteroatoms. The normalized spacial score (nSPS) is 22.6. The van der Waals surface area contributed by atoms with Crippen LogP contribution in [0.5, 0.6) is 0 Å². The maximum Gasteiger partial charge on any atom is 0.261 e. The molecule has 7 nitrogen and oxygen atoms in total. The number of nitrogens with zero attached hydrogens (tertiary/aromatic N) is 1. The van der Waals surface area contributed by atoms with Gasteiger partial charge in [-0.05, 0) is 49.8 Å². The molecule has 3 N–H and O–H groups in total. The van der Waals surface area contributed by atoms with E-state index in [9.17, 15) is 14.4 Å². The third-order valence-electron chi connectivity index (χ3n) is 6.43. The molecule has 3 aliphatic rings. The average Bonchev–Trinajstić information content (AvgIpc) is 3.35. The molecule has 2 heterocycles. The van der Waals surface area contributed by atoms with Crippen LogP contribution in [0.4, 0.5) is 0 Å². The lowest BCUT2D eigenvalue weighted by molar-refractivity contribution is 0.0475. The van der Waals surface area contributed by atoms with Crippen molar-refractivity contribution in [1.82, 2.24) is 10.2 Å². The molecule has 2 atom stereocenters. The van der Waals surface area contributed by atoms with E-state index in [1.807, 2.05) is 0 Å². The van der Waals surface area contributed by atoms with Crippen LogP contribution >= 0.6 is 12.4 Å². The Balaban J connectivity index is 0.00000256. The highest BCUT2D eigenvalue weighted by Crippen LogP contribution is 2.28. The number of benzene rings is 1. The molecule has 30 heavy (non-hydrogen) atoms. The fraction of sp³-hybridized carbons (Fsp3) is 0.591. The van der Waals surface area contributed by atoms with Crippen LogP contribution in [0.15, 0.2) is 18.2 Å². The average molecular weight is 436 g/mol. The quantitative estimate of drug-likeness (QED) is 0.668. The van der Waals surface area contributed by atoms with Crippen molar-refractivity contribution in [2.24, 2.45) is 11.7 Å². The lowest BCUT2D eigenvalue weighted by atomic mass is 9.84. The van der Waals surface area contributed by atoms with Crippen molar-refractivity contribution in [1.29, 1.82) is 0 Å². The molecule has 1 aromatic carbocycles. The van der Waals surface area contributed by atoms with Gasteiger partial charge in [-0.1, -0.05) is 19.3 Å². The van der Waals surface area contributed by atoms with E-state index in [1.54, 1.807) is 12.1 Å². The minimum Gasteiger partial charge on any atom is -0.376 e. The van der Waals surface area contributed by atoms with Crippen LogP contribution in [0.3, 0.4) is 0 Å². The van der Waals surface area contributed by atoms with E-state index in [4.69, 9.17) is 10.5 Å². The maximum absolute atomic E-state index is 12.8. The van der Waals surface area contributed by atoms with Crippen molar-refractivity contribution in [3.8, 4) is 0 Å². The number of nitrogens with two attached hydrogens (primary N) is 1. The Hall–Kier alpha value is -1.96. The van der Waals surface area contributed by atoms with Crippen molar-refractivity contribution in [2.75, 3.05) is 19.7 Å². The summed E-state index contributed by atoms with van der Waals surface area (Å²) in [6.07, 6.45) is 7.45. The highest BCUT2D eigenvalue weighted by atomic mass is 35.5. The number of amides is 3. The van der Waals surface area contributed by atoms with E-state index in [-0.39, 0.29) is 48.8 Å². The lowest BCUT2D eigenvalue weighted by Crippen LogP contribution is -2.45. The molecule has 1 aromatic rings. The molecule has 0 radical (unpaired) electrons. The summed E-state index contributed by atoms with van der Waals surface area (Å²) in [7, 11) is 0. The first kappa shape index (κ1) is 22.7. The Morgan fingerprint density at radius 2 is 1.83 bits per heavy atom. The number of carbonyl (C=O) groups excluding carboxylic acids is 3. The first-order valence-electron chi connectivity index (χ1n) is 10.7. The zero-order chi connectivity index (χ0) is 20.4. The van der Waals surface area contributed by atoms with Gasteiger partial charge in [0.25, 0.3) is 17.7 Å². The number of hydrogen-bond donors (Lipinski definition) is 2. The second kappa shape index (κ2) is 9.90. The summed E-state index contributed by atoms with van der Waals surface area (Å²) in [6.45, 7) is 1.33. The molecular formula is C22H30ClN3O4. The van der Waals surface area contributed by atoms with Crippen LogP contribution in [-0.4, -0.2) is 54.5 Å². The minimum atomic E-state index is -0.349. The van der Waals surface area contributed by atoms with Gasteiger partial charge in [0.1, 0.15) is 0 Å². The number of rotatable bonds is 6. The fourth-order valence-electron chi connectivity index (χ4n) is 4.75. The first-order valence-corrected chi connectivity index (χ1v) is 10.7. The third-order valence-corrected chi connectivity index (χ3v) is 6.43. The summed E-state index contributed by atoms with van der Waals surface area (Å²) in [5, 5.41) is 3.05. The highest BCUT2D eigenvalue weighted by Gasteiger charge is 2.38. The summed E-state index contributed by atoms with van der Waals surface area (Å²) < 4.78 is 5.56. The lowest BCUT2D eigenvalue weighted by Gasteiger charge is -2.30. The predicted molar refractivity (Wildman–Crippen MR) is 115 cm³/mol. The van der Waals surface area contributed by atoms with Crippen molar-refractivity contribution in [2.45, 2.75) is 57.1 Å². The number of hydrogen-bond acceptors (Lipinski definition) is 5. The summed E-state index contributed by atoms with van der Waals surface area (Å²) in [6, 6.07) is 4.67. The maximum atomic E-state index is 12.8. The zero-order valence-electron chi connectivity index (χ0n) is 17.1. The molecule has 0 aromatic heterocycles. The van der Waals surface area contributed by atoms with Crippen molar-refractivity contribution < 1.29 is 19.1 Å². The Morgan fingerprint density at radius 3 is 2.50 bits per heavy atom. The standard InChI is InChI=1S/C22H29N3O4.ClH/c23-12-19(14-5-2-1-3-6-14)24-20(26)15-8-9-17-18(11-15)22(28)25(21(17)27)13-16-7-4-10-29-16;/h8-9,11,14,16,19H,1-7,10,12-13,23H2,(H,24,26);1H. The zero-order valence-corrected chi connectivity index (χ0v) is 17.9. The second-order valence-corrected chi connectivity index (χ2v) is 8.33. The van der Waals surface area contributed by atoms with Gasteiger partial charge in [-0.25, -0.2) is 0 Å². The van der Waals surface area contributed by atoms with E-state index in [1.165, 1.54) is 30.2 Å². The van der Waals surface area contributed by atoms with Crippen LogP contribution in [0, 0.1) is 5.92 Å². The number of halogens is 1. The second-order valence-electron chi connectivity index (χ2n) is 8.33. The highest BCUT2D eigenvalue weighted by molar-refractivity contribution is 6.22. The molecule has 2 aliphatic heterocycles.